The second kappa shape index (κ2) is 5.92. The number of hydrogen-bond acceptors (Lipinski definition) is 4. The SMILES string of the molecule is CN1CC=C([C@@H]2CCCN2C(O)OC2CCC2)CC1. The summed E-state index contributed by atoms with van der Waals surface area (Å²) in [6.07, 6.45) is 8.89. The fourth-order valence-electron chi connectivity index (χ4n) is 3.30. The Bertz CT molecular complexity index is 341. The van der Waals surface area contributed by atoms with E-state index in [1.165, 1.54) is 24.8 Å². The van der Waals surface area contributed by atoms with Crippen molar-refractivity contribution in [3.05, 3.63) is 11.6 Å². The molecule has 0 bridgehead atoms. The summed E-state index contributed by atoms with van der Waals surface area (Å²) >= 11 is 0. The molecule has 0 radical (unpaired) electrons. The van der Waals surface area contributed by atoms with Gasteiger partial charge < -0.3 is 14.7 Å². The van der Waals surface area contributed by atoms with E-state index < -0.39 is 6.41 Å². The molecule has 3 rings (SSSR count). The molecule has 1 saturated carbocycles. The number of nitrogens with zero attached hydrogens (tertiary/aromatic N) is 2. The fraction of sp³-hybridized carbons (Fsp3) is 0.867. The smallest absolute Gasteiger partial charge is 0.216 e. The number of hydrogen-bond donors (Lipinski definition) is 1. The lowest BCUT2D eigenvalue weighted by Gasteiger charge is -2.36. The van der Waals surface area contributed by atoms with Crippen LogP contribution in [0.2, 0.25) is 0 Å². The number of ether oxygens (including phenoxy) is 1. The van der Waals surface area contributed by atoms with Crippen molar-refractivity contribution in [1.29, 1.82) is 0 Å². The van der Waals surface area contributed by atoms with E-state index in [1.54, 1.807) is 0 Å². The highest BCUT2D eigenvalue weighted by molar-refractivity contribution is 5.16. The lowest BCUT2D eigenvalue weighted by molar-refractivity contribution is -0.231. The third kappa shape index (κ3) is 3.02. The Kier molecular flexibility index (Phi) is 4.22. The molecule has 19 heavy (non-hydrogen) atoms. The molecule has 0 amide bonds. The lowest BCUT2D eigenvalue weighted by atomic mass is 9.96. The molecule has 2 fully saturated rings. The molecule has 2 atom stereocenters. The average Bonchev–Trinajstić information content (AvgIpc) is 2.84. The second-order valence-electron chi connectivity index (χ2n) is 6.20. The van der Waals surface area contributed by atoms with Crippen molar-refractivity contribution in [3.8, 4) is 0 Å². The molecule has 1 unspecified atom stereocenters. The van der Waals surface area contributed by atoms with E-state index in [0.29, 0.717) is 12.1 Å². The maximum absolute atomic E-state index is 10.3. The third-order valence-corrected chi connectivity index (χ3v) is 4.82. The molecule has 2 aliphatic heterocycles. The van der Waals surface area contributed by atoms with Crippen LogP contribution in [0.4, 0.5) is 0 Å². The molecular formula is C15H26N2O2. The van der Waals surface area contributed by atoms with Crippen molar-refractivity contribution in [2.24, 2.45) is 0 Å². The Balaban J connectivity index is 1.60. The molecule has 1 N–H and O–H groups in total. The third-order valence-electron chi connectivity index (χ3n) is 4.82. The van der Waals surface area contributed by atoms with Gasteiger partial charge in [0.15, 0.2) is 0 Å². The van der Waals surface area contributed by atoms with E-state index in [0.717, 1.165) is 38.9 Å². The van der Waals surface area contributed by atoms with Crippen LogP contribution in [0, 0.1) is 0 Å². The lowest BCUT2D eigenvalue weighted by Crippen LogP contribution is -2.45. The van der Waals surface area contributed by atoms with E-state index in [9.17, 15) is 5.11 Å². The molecule has 2 heterocycles. The van der Waals surface area contributed by atoms with Gasteiger partial charge in [-0.3, -0.25) is 0 Å². The van der Waals surface area contributed by atoms with Gasteiger partial charge in [0.2, 0.25) is 6.41 Å². The Labute approximate surface area is 116 Å². The Morgan fingerprint density at radius 3 is 2.74 bits per heavy atom. The molecule has 1 aliphatic carbocycles. The summed E-state index contributed by atoms with van der Waals surface area (Å²) in [7, 11) is 2.16. The van der Waals surface area contributed by atoms with Crippen LogP contribution in [0.5, 0.6) is 0 Å². The first-order chi connectivity index (χ1) is 9.24. The van der Waals surface area contributed by atoms with Crippen LogP contribution in [-0.4, -0.2) is 60.1 Å². The summed E-state index contributed by atoms with van der Waals surface area (Å²) in [5, 5.41) is 10.3. The first-order valence-electron chi connectivity index (χ1n) is 7.71. The molecule has 4 heteroatoms. The standard InChI is InChI=1S/C15H26N2O2/c1-16-10-7-12(8-11-16)14-6-3-9-17(14)15(18)19-13-4-2-5-13/h7,13-15,18H,2-6,8-11H2,1H3/t14-,15?/m0/s1. The van der Waals surface area contributed by atoms with E-state index >= 15 is 0 Å². The molecule has 0 spiro atoms. The zero-order valence-electron chi connectivity index (χ0n) is 11.9. The number of likely N-dealkylation sites (tertiary alicyclic amines) is 1. The first-order valence-corrected chi connectivity index (χ1v) is 7.71. The Hall–Kier alpha value is -0.420. The molecule has 0 aromatic rings. The molecular weight excluding hydrogens is 240 g/mol. The molecule has 0 aromatic heterocycles. The predicted molar refractivity (Wildman–Crippen MR) is 74.7 cm³/mol. The summed E-state index contributed by atoms with van der Waals surface area (Å²) in [6, 6.07) is 0.406. The van der Waals surface area contributed by atoms with E-state index in [1.807, 2.05) is 0 Å². The van der Waals surface area contributed by atoms with Crippen LogP contribution in [-0.2, 0) is 4.74 Å². The molecule has 0 aromatic carbocycles. The second-order valence-corrected chi connectivity index (χ2v) is 6.20. The zero-order chi connectivity index (χ0) is 13.2. The number of likely N-dealkylation sites (N-methyl/N-ethyl adjacent to an activating group) is 1. The van der Waals surface area contributed by atoms with Gasteiger partial charge in [0.05, 0.1) is 6.10 Å². The largest absolute Gasteiger partial charge is 0.356 e. The maximum atomic E-state index is 10.3. The summed E-state index contributed by atoms with van der Waals surface area (Å²) in [4.78, 5) is 4.50. The van der Waals surface area contributed by atoms with Crippen LogP contribution in [0.3, 0.4) is 0 Å². The average molecular weight is 266 g/mol. The van der Waals surface area contributed by atoms with Crippen molar-refractivity contribution < 1.29 is 9.84 Å². The minimum Gasteiger partial charge on any atom is -0.356 e. The number of aliphatic hydroxyl groups excluding tert-OH is 1. The summed E-state index contributed by atoms with van der Waals surface area (Å²) in [5.74, 6) is 0. The summed E-state index contributed by atoms with van der Waals surface area (Å²) in [5.41, 5.74) is 1.51. The van der Waals surface area contributed by atoms with Gasteiger partial charge >= 0.3 is 0 Å². The quantitative estimate of drug-likeness (QED) is 0.619. The van der Waals surface area contributed by atoms with Crippen molar-refractivity contribution in [3.63, 3.8) is 0 Å². The van der Waals surface area contributed by atoms with Crippen LogP contribution in [0.25, 0.3) is 0 Å². The monoisotopic (exact) mass is 266 g/mol. The van der Waals surface area contributed by atoms with E-state index in [-0.39, 0.29) is 0 Å². The predicted octanol–water partition coefficient (Wildman–Crippen LogP) is 1.56. The minimum atomic E-state index is -0.696. The van der Waals surface area contributed by atoms with Gasteiger partial charge in [-0.1, -0.05) is 11.6 Å². The van der Waals surface area contributed by atoms with Gasteiger partial charge in [-0.05, 0) is 45.6 Å². The fourth-order valence-corrected chi connectivity index (χ4v) is 3.30. The summed E-state index contributed by atoms with van der Waals surface area (Å²) in [6.45, 7) is 3.14. The van der Waals surface area contributed by atoms with Gasteiger partial charge in [0.25, 0.3) is 0 Å². The number of aliphatic hydroxyl groups is 1. The first kappa shape index (κ1) is 13.6. The molecule has 1 saturated heterocycles. The van der Waals surface area contributed by atoms with Gasteiger partial charge in [-0.25, -0.2) is 4.90 Å². The molecule has 3 aliphatic rings. The van der Waals surface area contributed by atoms with Crippen molar-refractivity contribution in [1.82, 2.24) is 9.80 Å². The zero-order valence-corrected chi connectivity index (χ0v) is 11.9. The van der Waals surface area contributed by atoms with Crippen molar-refractivity contribution in [2.45, 2.75) is 57.1 Å². The van der Waals surface area contributed by atoms with Crippen LogP contribution in [0.15, 0.2) is 11.6 Å². The summed E-state index contributed by atoms with van der Waals surface area (Å²) < 4.78 is 5.76. The molecule has 108 valence electrons. The van der Waals surface area contributed by atoms with Crippen molar-refractivity contribution in [2.75, 3.05) is 26.7 Å². The van der Waals surface area contributed by atoms with Crippen LogP contribution < -0.4 is 0 Å². The van der Waals surface area contributed by atoms with Gasteiger partial charge in [0, 0.05) is 25.7 Å². The topological polar surface area (TPSA) is 35.9 Å². The molecule has 4 nitrogen and oxygen atoms in total. The Morgan fingerprint density at radius 2 is 2.11 bits per heavy atom. The van der Waals surface area contributed by atoms with E-state index in [4.69, 9.17) is 4.74 Å². The normalized spacial score (nSPS) is 32.1. The van der Waals surface area contributed by atoms with Gasteiger partial charge in [-0.15, -0.1) is 0 Å². The Morgan fingerprint density at radius 1 is 1.26 bits per heavy atom. The highest BCUT2D eigenvalue weighted by Gasteiger charge is 2.35. The van der Waals surface area contributed by atoms with Gasteiger partial charge in [0.1, 0.15) is 0 Å². The van der Waals surface area contributed by atoms with E-state index in [2.05, 4.69) is 22.9 Å². The number of rotatable bonds is 4. The highest BCUT2D eigenvalue weighted by Crippen LogP contribution is 2.31. The maximum Gasteiger partial charge on any atom is 0.216 e. The minimum absolute atomic E-state index is 0.294. The van der Waals surface area contributed by atoms with Crippen LogP contribution >= 0.6 is 0 Å². The van der Waals surface area contributed by atoms with Gasteiger partial charge in [-0.2, -0.15) is 0 Å². The van der Waals surface area contributed by atoms with Crippen molar-refractivity contribution >= 4 is 0 Å². The van der Waals surface area contributed by atoms with Crippen LogP contribution in [0.1, 0.15) is 38.5 Å². The highest BCUT2D eigenvalue weighted by atomic mass is 16.6.